The summed E-state index contributed by atoms with van der Waals surface area (Å²) >= 11 is 12.4. The Morgan fingerprint density at radius 3 is 2.21 bits per heavy atom. The quantitative estimate of drug-likeness (QED) is 0.437. The van der Waals surface area contributed by atoms with Gasteiger partial charge in [-0.3, -0.25) is 19.3 Å². The average molecular weight is 549 g/mol. The van der Waals surface area contributed by atoms with Gasteiger partial charge >= 0.3 is 0 Å². The zero-order valence-electron chi connectivity index (χ0n) is 20.8. The first kappa shape index (κ1) is 26.0. The molecule has 0 aliphatic carbocycles. The standard InChI is InChI=1S/C29H26Cl2N4O3/c1-19-23(30)8-5-9-24(19)35-28(37)25(31)26(29(35)38)32-22-12-10-21(11-13-22)27(36)34-16-14-33(15-17-34)18-20-6-3-2-4-7-20/h2-13,32H,14-18H2,1H3. The number of hydrogen-bond donors (Lipinski definition) is 1. The molecule has 194 valence electrons. The Morgan fingerprint density at radius 1 is 0.842 bits per heavy atom. The molecule has 2 aliphatic heterocycles. The number of hydrogen-bond acceptors (Lipinski definition) is 5. The molecule has 1 saturated heterocycles. The lowest BCUT2D eigenvalue weighted by atomic mass is 10.1. The predicted molar refractivity (Wildman–Crippen MR) is 149 cm³/mol. The molecule has 3 amide bonds. The number of amides is 3. The SMILES string of the molecule is Cc1c(Cl)cccc1N1C(=O)C(Cl)=C(Nc2ccc(C(=O)N3CCN(Cc4ccccc4)CC3)cc2)C1=O. The Hall–Kier alpha value is -3.65. The van der Waals surface area contributed by atoms with E-state index in [1.807, 2.05) is 23.1 Å². The van der Waals surface area contributed by atoms with Crippen LogP contribution in [0, 0.1) is 6.92 Å². The smallest absolute Gasteiger partial charge is 0.283 e. The lowest BCUT2D eigenvalue weighted by Gasteiger charge is -2.34. The maximum Gasteiger partial charge on any atom is 0.283 e. The monoisotopic (exact) mass is 548 g/mol. The number of nitrogens with zero attached hydrogens (tertiary/aromatic N) is 3. The third-order valence-corrected chi connectivity index (χ3v) is 7.58. The van der Waals surface area contributed by atoms with Gasteiger partial charge < -0.3 is 10.2 Å². The molecule has 0 saturated carbocycles. The summed E-state index contributed by atoms with van der Waals surface area (Å²) in [5.74, 6) is -1.23. The highest BCUT2D eigenvalue weighted by Gasteiger charge is 2.39. The van der Waals surface area contributed by atoms with Crippen LogP contribution in [0.5, 0.6) is 0 Å². The molecule has 0 radical (unpaired) electrons. The molecular weight excluding hydrogens is 523 g/mol. The van der Waals surface area contributed by atoms with Crippen LogP contribution in [-0.2, 0) is 16.1 Å². The molecule has 9 heteroatoms. The van der Waals surface area contributed by atoms with Gasteiger partial charge in [-0.15, -0.1) is 0 Å². The molecule has 0 aromatic heterocycles. The Bertz CT molecular complexity index is 1420. The fourth-order valence-corrected chi connectivity index (χ4v) is 5.02. The molecule has 3 aromatic carbocycles. The summed E-state index contributed by atoms with van der Waals surface area (Å²) in [4.78, 5) is 44.2. The van der Waals surface area contributed by atoms with Crippen molar-refractivity contribution in [3.05, 3.63) is 105 Å². The topological polar surface area (TPSA) is 73.0 Å². The third kappa shape index (κ3) is 5.18. The van der Waals surface area contributed by atoms with Crippen LogP contribution in [0.3, 0.4) is 0 Å². The maximum atomic E-state index is 13.1. The molecular formula is C29H26Cl2N4O3. The number of rotatable bonds is 6. The van der Waals surface area contributed by atoms with Crippen molar-refractivity contribution >= 4 is 52.3 Å². The van der Waals surface area contributed by atoms with E-state index in [2.05, 4.69) is 22.3 Å². The van der Waals surface area contributed by atoms with E-state index < -0.39 is 11.8 Å². The normalized spacial score (nSPS) is 16.4. The van der Waals surface area contributed by atoms with Gasteiger partial charge in [-0.05, 0) is 54.4 Å². The minimum absolute atomic E-state index is 0.0235. The van der Waals surface area contributed by atoms with E-state index in [4.69, 9.17) is 23.2 Å². The van der Waals surface area contributed by atoms with E-state index in [9.17, 15) is 14.4 Å². The lowest BCUT2D eigenvalue weighted by Crippen LogP contribution is -2.48. The molecule has 1 N–H and O–H groups in total. The van der Waals surface area contributed by atoms with Gasteiger partial charge in [0.15, 0.2) is 0 Å². The van der Waals surface area contributed by atoms with Crippen LogP contribution in [0.25, 0.3) is 0 Å². The number of nitrogens with one attached hydrogen (secondary N) is 1. The van der Waals surface area contributed by atoms with Crippen molar-refractivity contribution in [3.63, 3.8) is 0 Å². The minimum atomic E-state index is -0.622. The molecule has 0 bridgehead atoms. The van der Waals surface area contributed by atoms with Crippen LogP contribution in [0.2, 0.25) is 5.02 Å². The Labute approximate surface area is 231 Å². The van der Waals surface area contributed by atoms with E-state index >= 15 is 0 Å². The molecule has 1 fully saturated rings. The van der Waals surface area contributed by atoms with Crippen molar-refractivity contribution in [2.75, 3.05) is 36.4 Å². The summed E-state index contributed by atoms with van der Waals surface area (Å²) in [6.45, 7) is 5.54. The Balaban J connectivity index is 1.21. The van der Waals surface area contributed by atoms with E-state index in [0.717, 1.165) is 24.5 Å². The van der Waals surface area contributed by atoms with E-state index in [1.165, 1.54) is 5.56 Å². The second kappa shape index (κ2) is 11.0. The van der Waals surface area contributed by atoms with Crippen molar-refractivity contribution in [3.8, 4) is 0 Å². The molecule has 0 spiro atoms. The van der Waals surface area contributed by atoms with Gasteiger partial charge in [-0.2, -0.15) is 0 Å². The van der Waals surface area contributed by atoms with Crippen molar-refractivity contribution in [2.24, 2.45) is 0 Å². The number of benzene rings is 3. The Morgan fingerprint density at radius 2 is 1.53 bits per heavy atom. The van der Waals surface area contributed by atoms with Crippen molar-refractivity contribution in [1.82, 2.24) is 9.80 Å². The highest BCUT2D eigenvalue weighted by molar-refractivity contribution is 6.53. The summed E-state index contributed by atoms with van der Waals surface area (Å²) in [5, 5.41) is 3.19. The number of imide groups is 1. The average Bonchev–Trinajstić information content (AvgIpc) is 3.14. The first-order valence-corrected chi connectivity index (χ1v) is 13.1. The summed E-state index contributed by atoms with van der Waals surface area (Å²) in [7, 11) is 0. The number of anilines is 2. The fraction of sp³-hybridized carbons (Fsp3) is 0.207. The summed E-state index contributed by atoms with van der Waals surface area (Å²) < 4.78 is 0. The van der Waals surface area contributed by atoms with Crippen LogP contribution in [0.1, 0.15) is 21.5 Å². The summed E-state index contributed by atoms with van der Waals surface area (Å²) in [5.41, 5.74) is 3.31. The second-order valence-electron chi connectivity index (χ2n) is 9.27. The number of piperazine rings is 1. The number of halogens is 2. The first-order chi connectivity index (χ1) is 18.3. The first-order valence-electron chi connectivity index (χ1n) is 12.3. The van der Waals surface area contributed by atoms with Gasteiger partial charge in [0, 0.05) is 49.0 Å². The van der Waals surface area contributed by atoms with Gasteiger partial charge in [0.2, 0.25) is 0 Å². The minimum Gasteiger partial charge on any atom is -0.350 e. The van der Waals surface area contributed by atoms with Gasteiger partial charge in [0.05, 0.1) is 5.69 Å². The van der Waals surface area contributed by atoms with E-state index in [-0.39, 0.29) is 16.6 Å². The predicted octanol–water partition coefficient (Wildman–Crippen LogP) is 5.04. The van der Waals surface area contributed by atoms with Crippen molar-refractivity contribution < 1.29 is 14.4 Å². The van der Waals surface area contributed by atoms with Gasteiger partial charge in [0.1, 0.15) is 10.7 Å². The maximum absolute atomic E-state index is 13.1. The molecule has 5 rings (SSSR count). The number of carbonyl (C=O) groups excluding carboxylic acids is 3. The zero-order chi connectivity index (χ0) is 26.8. The highest BCUT2D eigenvalue weighted by Crippen LogP contribution is 2.34. The highest BCUT2D eigenvalue weighted by atomic mass is 35.5. The molecule has 0 atom stereocenters. The van der Waals surface area contributed by atoms with E-state index in [0.29, 0.717) is 40.6 Å². The zero-order valence-corrected chi connectivity index (χ0v) is 22.3. The second-order valence-corrected chi connectivity index (χ2v) is 10.1. The van der Waals surface area contributed by atoms with Crippen LogP contribution >= 0.6 is 23.2 Å². The molecule has 3 aromatic rings. The molecule has 0 unspecified atom stereocenters. The molecule has 2 aliphatic rings. The van der Waals surface area contributed by atoms with Crippen LogP contribution < -0.4 is 10.2 Å². The Kier molecular flexibility index (Phi) is 7.51. The van der Waals surface area contributed by atoms with Crippen molar-refractivity contribution in [1.29, 1.82) is 0 Å². The molecule has 7 nitrogen and oxygen atoms in total. The summed E-state index contributed by atoms with van der Waals surface area (Å²) in [6, 6.07) is 22.1. The van der Waals surface area contributed by atoms with Crippen molar-refractivity contribution in [2.45, 2.75) is 13.5 Å². The lowest BCUT2D eigenvalue weighted by molar-refractivity contribution is -0.120. The van der Waals surface area contributed by atoms with E-state index in [1.54, 1.807) is 49.4 Å². The third-order valence-electron chi connectivity index (χ3n) is 6.82. The van der Waals surface area contributed by atoms with Gasteiger partial charge in [-0.1, -0.05) is 59.6 Å². The fourth-order valence-electron chi connectivity index (χ4n) is 4.64. The number of carbonyl (C=O) groups is 3. The van der Waals surface area contributed by atoms with Crippen LogP contribution in [-0.4, -0.2) is 53.7 Å². The van der Waals surface area contributed by atoms with Gasteiger partial charge in [0.25, 0.3) is 17.7 Å². The summed E-state index contributed by atoms with van der Waals surface area (Å²) in [6.07, 6.45) is 0. The van der Waals surface area contributed by atoms with Crippen LogP contribution in [0.4, 0.5) is 11.4 Å². The van der Waals surface area contributed by atoms with Gasteiger partial charge in [-0.25, -0.2) is 4.90 Å². The van der Waals surface area contributed by atoms with Crippen LogP contribution in [0.15, 0.2) is 83.5 Å². The largest absolute Gasteiger partial charge is 0.350 e. The molecule has 2 heterocycles. The molecule has 38 heavy (non-hydrogen) atoms.